The molecule has 0 amide bonds. The number of hydrogen-bond donors (Lipinski definition) is 1. The van der Waals surface area contributed by atoms with Gasteiger partial charge in [0.25, 0.3) is 5.60 Å². The minimum Gasteiger partial charge on any atom is -0.466 e. The minimum atomic E-state index is -2.40. The van der Waals surface area contributed by atoms with E-state index in [1.54, 1.807) is 0 Å². The Labute approximate surface area is 150 Å². The van der Waals surface area contributed by atoms with Gasteiger partial charge in [0.2, 0.25) is 0 Å². The normalized spacial score (nSPS) is 14.8. The number of methoxy groups -OCH3 is 2. The zero-order valence-corrected chi connectivity index (χ0v) is 17.0. The van der Waals surface area contributed by atoms with Crippen molar-refractivity contribution in [2.45, 2.75) is 70.4 Å². The predicted octanol–water partition coefficient (Wildman–Crippen LogP) is 1.92. The van der Waals surface area contributed by atoms with Crippen LogP contribution in [-0.4, -0.2) is 61.8 Å². The van der Waals surface area contributed by atoms with Gasteiger partial charge in [-0.3, -0.25) is 0 Å². The number of aliphatic hydroxyl groups is 1. The fourth-order valence-corrected chi connectivity index (χ4v) is 5.74. The van der Waals surface area contributed by atoms with E-state index in [1.807, 2.05) is 6.92 Å². The molecule has 0 aliphatic rings. The molecule has 25 heavy (non-hydrogen) atoms. The molecule has 0 rings (SSSR count). The molecule has 9 heteroatoms. The largest absolute Gasteiger partial charge is 0.466 e. The lowest BCUT2D eigenvalue weighted by atomic mass is 9.90. The fourth-order valence-electron chi connectivity index (χ4n) is 2.77. The van der Waals surface area contributed by atoms with Gasteiger partial charge in [0.1, 0.15) is 0 Å². The molecule has 0 aliphatic carbocycles. The standard InChI is InChI=1S/C16H30N2O6Si/c1-7-25(8-2,9-3)24-12(4)10-11-16(21,15(20)23-6)13(18-17)14(19)22-5/h12,21H,7-11H2,1-6H3. The number of nitrogens with zero attached hydrogens (tertiary/aromatic N) is 2. The summed E-state index contributed by atoms with van der Waals surface area (Å²) in [5.41, 5.74) is 5.86. The number of ether oxygens (including phenoxy) is 2. The summed E-state index contributed by atoms with van der Waals surface area (Å²) in [7, 11) is 0.283. The zero-order chi connectivity index (χ0) is 19.7. The third kappa shape index (κ3) is 5.74. The van der Waals surface area contributed by atoms with Crippen molar-refractivity contribution in [2.24, 2.45) is 0 Å². The van der Waals surface area contributed by atoms with Gasteiger partial charge in [-0.15, -0.1) is 0 Å². The van der Waals surface area contributed by atoms with Crippen LogP contribution in [0.25, 0.3) is 5.53 Å². The van der Waals surface area contributed by atoms with E-state index >= 15 is 0 Å². The number of carbonyl (C=O) groups excluding carboxylic acids is 2. The van der Waals surface area contributed by atoms with Crippen LogP contribution < -0.4 is 0 Å². The summed E-state index contributed by atoms with van der Waals surface area (Å²) in [6.45, 7) is 8.16. The Hall–Kier alpha value is -1.54. The molecule has 0 aromatic rings. The Balaban J connectivity index is 5.34. The van der Waals surface area contributed by atoms with Crippen LogP contribution in [0.1, 0.15) is 40.5 Å². The molecular formula is C16H30N2O6Si. The maximum absolute atomic E-state index is 12.0. The summed E-state index contributed by atoms with van der Waals surface area (Å²) in [5, 5.41) is 10.6. The highest BCUT2D eigenvalue weighted by Gasteiger charge is 2.54. The lowest BCUT2D eigenvalue weighted by Crippen LogP contribution is -2.52. The molecule has 0 heterocycles. The summed E-state index contributed by atoms with van der Waals surface area (Å²) >= 11 is 0. The quantitative estimate of drug-likeness (QED) is 0.194. The molecule has 0 fully saturated rings. The average Bonchev–Trinajstić information content (AvgIpc) is 2.64. The van der Waals surface area contributed by atoms with Gasteiger partial charge < -0.3 is 24.5 Å². The molecule has 0 aliphatic heterocycles. The molecule has 0 saturated heterocycles. The molecule has 0 spiro atoms. The van der Waals surface area contributed by atoms with Crippen molar-refractivity contribution < 1.29 is 33.4 Å². The van der Waals surface area contributed by atoms with Gasteiger partial charge in [0.15, 0.2) is 8.32 Å². The van der Waals surface area contributed by atoms with Gasteiger partial charge in [-0.1, -0.05) is 20.8 Å². The van der Waals surface area contributed by atoms with Gasteiger partial charge in [-0.05, 0) is 31.5 Å². The van der Waals surface area contributed by atoms with E-state index in [2.05, 4.69) is 35.0 Å². The van der Waals surface area contributed by atoms with Crippen LogP contribution in [0, 0.1) is 0 Å². The Morgan fingerprint density at radius 2 is 1.68 bits per heavy atom. The highest BCUT2D eigenvalue weighted by atomic mass is 28.4. The fraction of sp³-hybridized carbons (Fsp3) is 0.812. The van der Waals surface area contributed by atoms with Crippen molar-refractivity contribution in [3.8, 4) is 0 Å². The SMILES string of the molecule is CC[Si](CC)(CC)OC(C)CCC(O)(C(=O)OC)C(=[N+]=[N-])C(=O)OC. The van der Waals surface area contributed by atoms with Crippen LogP contribution in [0.4, 0.5) is 0 Å². The van der Waals surface area contributed by atoms with Crippen molar-refractivity contribution in [1.82, 2.24) is 0 Å². The van der Waals surface area contributed by atoms with E-state index in [9.17, 15) is 14.7 Å². The third-order valence-corrected chi connectivity index (χ3v) is 9.46. The van der Waals surface area contributed by atoms with E-state index in [-0.39, 0.29) is 18.9 Å². The second-order valence-electron chi connectivity index (χ2n) is 6.00. The number of esters is 2. The van der Waals surface area contributed by atoms with E-state index in [4.69, 9.17) is 9.96 Å². The van der Waals surface area contributed by atoms with Crippen LogP contribution in [-0.2, 0) is 23.5 Å². The third-order valence-electron chi connectivity index (χ3n) is 4.69. The summed E-state index contributed by atoms with van der Waals surface area (Å²) in [6.07, 6.45) is -0.159. The first-order valence-corrected chi connectivity index (χ1v) is 11.0. The highest BCUT2D eigenvalue weighted by molar-refractivity contribution is 6.73. The van der Waals surface area contributed by atoms with E-state index in [1.165, 1.54) is 0 Å². The van der Waals surface area contributed by atoms with E-state index in [0.29, 0.717) is 0 Å². The van der Waals surface area contributed by atoms with Crippen LogP contribution in [0.5, 0.6) is 0 Å². The summed E-state index contributed by atoms with van der Waals surface area (Å²) in [4.78, 5) is 26.5. The smallest absolute Gasteiger partial charge is 0.420 e. The van der Waals surface area contributed by atoms with Crippen molar-refractivity contribution in [2.75, 3.05) is 14.2 Å². The summed E-state index contributed by atoms with van der Waals surface area (Å²) in [6, 6.07) is 2.91. The second kappa shape index (κ2) is 10.4. The topological polar surface area (TPSA) is 118 Å². The summed E-state index contributed by atoms with van der Waals surface area (Å²) in [5.74, 6) is -2.20. The zero-order valence-electron chi connectivity index (χ0n) is 16.0. The molecule has 2 unspecified atom stereocenters. The van der Waals surface area contributed by atoms with E-state index < -0.39 is 31.6 Å². The Morgan fingerprint density at radius 1 is 1.16 bits per heavy atom. The van der Waals surface area contributed by atoms with Gasteiger partial charge in [0, 0.05) is 12.5 Å². The van der Waals surface area contributed by atoms with Gasteiger partial charge in [-0.25, -0.2) is 9.59 Å². The van der Waals surface area contributed by atoms with Crippen LogP contribution in [0.15, 0.2) is 0 Å². The predicted molar refractivity (Wildman–Crippen MR) is 94.6 cm³/mol. The molecule has 8 nitrogen and oxygen atoms in total. The van der Waals surface area contributed by atoms with Crippen molar-refractivity contribution in [3.63, 3.8) is 0 Å². The first-order valence-electron chi connectivity index (χ1n) is 8.49. The average molecular weight is 375 g/mol. The Morgan fingerprint density at radius 3 is 2.04 bits per heavy atom. The van der Waals surface area contributed by atoms with Gasteiger partial charge >= 0.3 is 17.7 Å². The molecule has 0 saturated carbocycles. The van der Waals surface area contributed by atoms with Crippen LogP contribution >= 0.6 is 0 Å². The van der Waals surface area contributed by atoms with Crippen LogP contribution in [0.2, 0.25) is 18.1 Å². The maximum Gasteiger partial charge on any atom is 0.420 e. The molecule has 0 radical (unpaired) electrons. The molecular weight excluding hydrogens is 344 g/mol. The number of rotatable bonds is 11. The molecule has 0 aromatic heterocycles. The molecule has 0 aromatic carbocycles. The van der Waals surface area contributed by atoms with Crippen molar-refractivity contribution in [3.05, 3.63) is 5.53 Å². The van der Waals surface area contributed by atoms with Crippen LogP contribution in [0.3, 0.4) is 0 Å². The lowest BCUT2D eigenvalue weighted by Gasteiger charge is -2.32. The summed E-state index contributed by atoms with van der Waals surface area (Å²) < 4.78 is 15.3. The first kappa shape index (κ1) is 23.5. The minimum absolute atomic E-state index is 0.197. The number of hydrogen-bond acceptors (Lipinski definition) is 6. The van der Waals surface area contributed by atoms with E-state index in [0.717, 1.165) is 32.4 Å². The first-order chi connectivity index (χ1) is 11.7. The lowest BCUT2D eigenvalue weighted by molar-refractivity contribution is -0.163. The highest BCUT2D eigenvalue weighted by Crippen LogP contribution is 2.26. The Kier molecular flexibility index (Phi) is 9.80. The molecule has 0 bridgehead atoms. The molecule has 144 valence electrons. The van der Waals surface area contributed by atoms with Gasteiger partial charge in [-0.2, -0.15) is 4.79 Å². The monoisotopic (exact) mass is 374 g/mol. The van der Waals surface area contributed by atoms with Crippen molar-refractivity contribution >= 4 is 26.0 Å². The molecule has 2 atom stereocenters. The second-order valence-corrected chi connectivity index (χ2v) is 10.7. The Bertz CT molecular complexity index is 508. The van der Waals surface area contributed by atoms with Gasteiger partial charge in [0.05, 0.1) is 14.2 Å². The molecule has 1 N–H and O–H groups in total. The number of carbonyl (C=O) groups is 2. The van der Waals surface area contributed by atoms with Crippen molar-refractivity contribution in [1.29, 1.82) is 0 Å². The maximum atomic E-state index is 12.0.